The quantitative estimate of drug-likeness (QED) is 0.845. The Kier molecular flexibility index (Phi) is 3.93. The van der Waals surface area contributed by atoms with Crippen LogP contribution in [0.4, 0.5) is 5.95 Å². The van der Waals surface area contributed by atoms with Gasteiger partial charge in [-0.3, -0.25) is 9.69 Å². The van der Waals surface area contributed by atoms with Gasteiger partial charge in [0, 0.05) is 45.3 Å². The lowest BCUT2D eigenvalue weighted by molar-refractivity contribution is 0.0971. The zero-order valence-corrected chi connectivity index (χ0v) is 11.6. The Labute approximate surface area is 118 Å². The summed E-state index contributed by atoms with van der Waals surface area (Å²) in [4.78, 5) is 25.1. The molecular formula is C14H20N4O2. The molecule has 0 radical (unpaired) electrons. The van der Waals surface area contributed by atoms with Gasteiger partial charge in [0.25, 0.3) is 0 Å². The van der Waals surface area contributed by atoms with Gasteiger partial charge in [-0.1, -0.05) is 0 Å². The zero-order chi connectivity index (χ0) is 13.9. The summed E-state index contributed by atoms with van der Waals surface area (Å²) in [6.45, 7) is 4.50. The number of nitrogens with zero attached hydrogens (tertiary/aromatic N) is 4. The third-order valence-corrected chi connectivity index (χ3v) is 4.04. The molecule has 0 spiro atoms. The first-order chi connectivity index (χ1) is 9.78. The number of carbonyl (C=O) groups is 1. The van der Waals surface area contributed by atoms with Crippen LogP contribution in [0.5, 0.6) is 0 Å². The Bertz CT molecular complexity index is 498. The Balaban J connectivity index is 1.71. The van der Waals surface area contributed by atoms with Gasteiger partial charge in [-0.25, -0.2) is 9.97 Å². The summed E-state index contributed by atoms with van der Waals surface area (Å²) >= 11 is 0. The van der Waals surface area contributed by atoms with Gasteiger partial charge >= 0.3 is 0 Å². The number of ketones is 1. The second kappa shape index (κ2) is 5.85. The van der Waals surface area contributed by atoms with Gasteiger partial charge in [0.05, 0.1) is 17.9 Å². The van der Waals surface area contributed by atoms with Crippen molar-refractivity contribution in [3.8, 4) is 0 Å². The first kappa shape index (κ1) is 13.5. The van der Waals surface area contributed by atoms with Crippen LogP contribution in [0.3, 0.4) is 0 Å². The van der Waals surface area contributed by atoms with Crippen molar-refractivity contribution in [1.29, 1.82) is 0 Å². The van der Waals surface area contributed by atoms with Gasteiger partial charge in [0.15, 0.2) is 5.78 Å². The maximum absolute atomic E-state index is 11.8. The number of hydrogen-bond acceptors (Lipinski definition) is 6. The van der Waals surface area contributed by atoms with E-state index in [1.807, 2.05) is 0 Å². The highest BCUT2D eigenvalue weighted by atomic mass is 16.3. The maximum atomic E-state index is 11.8. The lowest BCUT2D eigenvalue weighted by Gasteiger charge is -2.34. The standard InChI is InChI=1S/C14H20N4O2/c19-9-8-17-4-6-18(7-5-17)14-15-10-11-12(16-14)2-1-3-13(11)20/h10,19H,1-9H2. The molecule has 0 aromatic carbocycles. The van der Waals surface area contributed by atoms with Gasteiger partial charge in [-0.15, -0.1) is 0 Å². The summed E-state index contributed by atoms with van der Waals surface area (Å²) in [6, 6.07) is 0. The normalized spacial score (nSPS) is 20.1. The molecule has 1 aromatic heterocycles. The number of carbonyl (C=O) groups excluding carboxylic acids is 1. The van der Waals surface area contributed by atoms with Crippen LogP contribution < -0.4 is 4.90 Å². The summed E-state index contributed by atoms with van der Waals surface area (Å²) in [5.41, 5.74) is 1.61. The smallest absolute Gasteiger partial charge is 0.225 e. The van der Waals surface area contributed by atoms with Crippen molar-refractivity contribution in [2.75, 3.05) is 44.2 Å². The number of hydrogen-bond donors (Lipinski definition) is 1. The van der Waals surface area contributed by atoms with Crippen LogP contribution in [0.25, 0.3) is 0 Å². The van der Waals surface area contributed by atoms with Gasteiger partial charge in [0.1, 0.15) is 0 Å². The molecule has 2 heterocycles. The summed E-state index contributed by atoms with van der Waals surface area (Å²) < 4.78 is 0. The highest BCUT2D eigenvalue weighted by Crippen LogP contribution is 2.21. The minimum Gasteiger partial charge on any atom is -0.395 e. The number of fused-ring (bicyclic) bond motifs is 1. The van der Waals surface area contributed by atoms with Gasteiger partial charge in [0.2, 0.25) is 5.95 Å². The zero-order valence-electron chi connectivity index (χ0n) is 11.6. The second-order valence-corrected chi connectivity index (χ2v) is 5.36. The molecule has 0 bridgehead atoms. The van der Waals surface area contributed by atoms with Crippen molar-refractivity contribution < 1.29 is 9.90 Å². The van der Waals surface area contributed by atoms with Crippen LogP contribution in [-0.2, 0) is 6.42 Å². The lowest BCUT2D eigenvalue weighted by Crippen LogP contribution is -2.47. The molecule has 0 atom stereocenters. The van der Waals surface area contributed by atoms with Crippen molar-refractivity contribution in [3.63, 3.8) is 0 Å². The van der Waals surface area contributed by atoms with Crippen LogP contribution in [0, 0.1) is 0 Å². The van der Waals surface area contributed by atoms with Crippen molar-refractivity contribution in [2.24, 2.45) is 0 Å². The van der Waals surface area contributed by atoms with Crippen LogP contribution >= 0.6 is 0 Å². The average molecular weight is 276 g/mol. The monoisotopic (exact) mass is 276 g/mol. The third kappa shape index (κ3) is 2.66. The van der Waals surface area contributed by atoms with Crippen molar-refractivity contribution >= 4 is 11.7 Å². The van der Waals surface area contributed by atoms with E-state index in [0.29, 0.717) is 12.0 Å². The molecule has 1 aliphatic carbocycles. The Morgan fingerprint density at radius 3 is 2.75 bits per heavy atom. The molecule has 0 unspecified atom stereocenters. The van der Waals surface area contributed by atoms with Gasteiger partial charge < -0.3 is 10.0 Å². The Morgan fingerprint density at radius 1 is 1.20 bits per heavy atom. The Hall–Kier alpha value is -1.53. The Morgan fingerprint density at radius 2 is 2.00 bits per heavy atom. The molecule has 2 aliphatic rings. The number of piperazine rings is 1. The second-order valence-electron chi connectivity index (χ2n) is 5.36. The van der Waals surface area contributed by atoms with Crippen molar-refractivity contribution in [1.82, 2.24) is 14.9 Å². The fourth-order valence-electron chi connectivity index (χ4n) is 2.85. The van der Waals surface area contributed by atoms with E-state index < -0.39 is 0 Å². The highest BCUT2D eigenvalue weighted by molar-refractivity contribution is 5.97. The number of anilines is 1. The fraction of sp³-hybridized carbons (Fsp3) is 0.643. The molecule has 1 fully saturated rings. The molecule has 6 nitrogen and oxygen atoms in total. The lowest BCUT2D eigenvalue weighted by atomic mass is 9.96. The van der Waals surface area contributed by atoms with Crippen LogP contribution in [0.1, 0.15) is 28.9 Å². The van der Waals surface area contributed by atoms with E-state index in [-0.39, 0.29) is 12.4 Å². The number of aryl methyl sites for hydroxylation is 1. The average Bonchev–Trinajstić information content (AvgIpc) is 2.48. The minimum atomic E-state index is 0.172. The third-order valence-electron chi connectivity index (χ3n) is 4.04. The first-order valence-corrected chi connectivity index (χ1v) is 7.25. The number of β-amino-alcohol motifs (C(OH)–C–C–N with tert-alkyl or cyclic N) is 1. The van der Waals surface area contributed by atoms with E-state index in [1.165, 1.54) is 0 Å². The molecule has 0 saturated carbocycles. The van der Waals surface area contributed by atoms with E-state index in [0.717, 1.165) is 57.2 Å². The molecule has 3 rings (SSSR count). The van der Waals surface area contributed by atoms with Crippen molar-refractivity contribution in [2.45, 2.75) is 19.3 Å². The molecule has 108 valence electrons. The van der Waals surface area contributed by atoms with Crippen LogP contribution in [0.2, 0.25) is 0 Å². The number of aliphatic hydroxyl groups excluding tert-OH is 1. The SMILES string of the molecule is O=C1CCCc2nc(N3CCN(CCO)CC3)ncc21. The van der Waals surface area contributed by atoms with E-state index in [9.17, 15) is 4.79 Å². The molecule has 0 amide bonds. The first-order valence-electron chi connectivity index (χ1n) is 7.25. The molecular weight excluding hydrogens is 256 g/mol. The van der Waals surface area contributed by atoms with E-state index in [1.54, 1.807) is 6.20 Å². The number of aliphatic hydroxyl groups is 1. The predicted octanol–water partition coefficient (Wildman–Crippen LogP) is 0.110. The summed E-state index contributed by atoms with van der Waals surface area (Å²) in [7, 11) is 0. The topological polar surface area (TPSA) is 69.6 Å². The largest absolute Gasteiger partial charge is 0.395 e. The van der Waals surface area contributed by atoms with Crippen LogP contribution in [0.15, 0.2) is 6.20 Å². The number of rotatable bonds is 3. The van der Waals surface area contributed by atoms with E-state index in [4.69, 9.17) is 5.11 Å². The molecule has 6 heteroatoms. The van der Waals surface area contributed by atoms with E-state index >= 15 is 0 Å². The summed E-state index contributed by atoms with van der Waals surface area (Å²) in [6.07, 6.45) is 4.09. The molecule has 1 saturated heterocycles. The van der Waals surface area contributed by atoms with Gasteiger partial charge in [-0.2, -0.15) is 0 Å². The predicted molar refractivity (Wildman–Crippen MR) is 75.0 cm³/mol. The number of Topliss-reactive ketones (excluding diaryl/α,β-unsaturated/α-hetero) is 1. The molecule has 1 aliphatic heterocycles. The molecule has 1 aromatic rings. The fourth-order valence-corrected chi connectivity index (χ4v) is 2.85. The van der Waals surface area contributed by atoms with E-state index in [2.05, 4.69) is 19.8 Å². The molecule has 20 heavy (non-hydrogen) atoms. The maximum Gasteiger partial charge on any atom is 0.225 e. The number of aromatic nitrogens is 2. The van der Waals surface area contributed by atoms with Crippen molar-refractivity contribution in [3.05, 3.63) is 17.5 Å². The van der Waals surface area contributed by atoms with Gasteiger partial charge in [-0.05, 0) is 12.8 Å². The summed E-state index contributed by atoms with van der Waals surface area (Å²) in [5, 5.41) is 8.95. The summed E-state index contributed by atoms with van der Waals surface area (Å²) in [5.74, 6) is 0.910. The van der Waals surface area contributed by atoms with Crippen LogP contribution in [-0.4, -0.2) is 65.1 Å². The molecule has 1 N–H and O–H groups in total. The highest BCUT2D eigenvalue weighted by Gasteiger charge is 2.23. The minimum absolute atomic E-state index is 0.172.